The van der Waals surface area contributed by atoms with Gasteiger partial charge in [0.1, 0.15) is 5.78 Å². The zero-order valence-electron chi connectivity index (χ0n) is 6.95. The maximum atomic E-state index is 11.2. The molecule has 2 heteroatoms. The van der Waals surface area contributed by atoms with Gasteiger partial charge in [-0.05, 0) is 20.4 Å². The fraction of sp³-hybridized carbons (Fsp3) is 0.667. The topological polar surface area (TPSA) is 20.3 Å². The first-order valence-corrected chi connectivity index (χ1v) is 4.11. The molecule has 0 unspecified atom stereocenters. The third-order valence-corrected chi connectivity index (χ3v) is 2.88. The van der Waals surface area contributed by atoms with Crippen molar-refractivity contribution in [2.24, 2.45) is 5.92 Å². The van der Waals surface area contributed by atoms with E-state index in [0.717, 1.165) is 6.42 Å². The Balaban J connectivity index is 2.25. The molecule has 0 radical (unpaired) electrons. The van der Waals surface area contributed by atoms with E-state index in [9.17, 15) is 4.79 Å². The predicted molar refractivity (Wildman–Crippen MR) is 43.3 cm³/mol. The van der Waals surface area contributed by atoms with Crippen molar-refractivity contribution < 1.29 is 4.79 Å². The molecule has 11 heavy (non-hydrogen) atoms. The summed E-state index contributed by atoms with van der Waals surface area (Å²) in [6, 6.07) is 0.707. The summed E-state index contributed by atoms with van der Waals surface area (Å²) in [7, 11) is 2.04. The quantitative estimate of drug-likeness (QED) is 0.517. The van der Waals surface area contributed by atoms with Crippen molar-refractivity contribution >= 4 is 5.78 Å². The van der Waals surface area contributed by atoms with Crippen molar-refractivity contribution in [1.29, 1.82) is 0 Å². The Morgan fingerprint density at radius 3 is 2.64 bits per heavy atom. The van der Waals surface area contributed by atoms with E-state index in [0.29, 0.717) is 17.7 Å². The number of Topliss-reactive ketones (excluding diaryl/α,β-unsaturated/α-hetero) is 1. The standard InChI is InChI=1S/C9H13NO/c1-6(11)9-7-3-4-8(5-7)10(9)2/h3-4,7-9H,5H2,1-2H3/t7-,8+,9+/m1/s1. The summed E-state index contributed by atoms with van der Waals surface area (Å²) in [5.74, 6) is 0.812. The number of fused-ring (bicyclic) bond motifs is 2. The second-order valence-corrected chi connectivity index (χ2v) is 3.57. The SMILES string of the molecule is CC(=O)[C@H]1[C@@H]2C=C[C@@H](C2)N1C. The van der Waals surface area contributed by atoms with Crippen molar-refractivity contribution in [3.8, 4) is 0 Å². The minimum atomic E-state index is 0.171. The first-order chi connectivity index (χ1) is 5.20. The Bertz CT molecular complexity index is 222. The molecule has 2 aliphatic rings. The van der Waals surface area contributed by atoms with Crippen molar-refractivity contribution in [2.45, 2.75) is 25.4 Å². The second kappa shape index (κ2) is 2.18. The van der Waals surface area contributed by atoms with Crippen LogP contribution in [-0.2, 0) is 4.79 Å². The number of hydrogen-bond donors (Lipinski definition) is 0. The Kier molecular flexibility index (Phi) is 1.39. The van der Waals surface area contributed by atoms with Crippen LogP contribution in [0.3, 0.4) is 0 Å². The average molecular weight is 151 g/mol. The van der Waals surface area contributed by atoms with E-state index in [1.165, 1.54) is 0 Å². The second-order valence-electron chi connectivity index (χ2n) is 3.57. The lowest BCUT2D eigenvalue weighted by atomic mass is 9.99. The van der Waals surface area contributed by atoms with Gasteiger partial charge in [-0.15, -0.1) is 0 Å². The van der Waals surface area contributed by atoms with E-state index < -0.39 is 0 Å². The van der Waals surface area contributed by atoms with Gasteiger partial charge < -0.3 is 0 Å². The van der Waals surface area contributed by atoms with Crippen LogP contribution in [-0.4, -0.2) is 29.8 Å². The van der Waals surface area contributed by atoms with E-state index >= 15 is 0 Å². The Morgan fingerprint density at radius 2 is 2.27 bits per heavy atom. The van der Waals surface area contributed by atoms with Gasteiger partial charge in [0.25, 0.3) is 0 Å². The molecule has 1 heterocycles. The third-order valence-electron chi connectivity index (χ3n) is 2.88. The van der Waals surface area contributed by atoms with Crippen LogP contribution in [0.4, 0.5) is 0 Å². The molecule has 2 nitrogen and oxygen atoms in total. The van der Waals surface area contributed by atoms with Gasteiger partial charge in [-0.2, -0.15) is 0 Å². The number of likely N-dealkylation sites (tertiary alicyclic amines) is 1. The monoisotopic (exact) mass is 151 g/mol. The zero-order valence-corrected chi connectivity index (χ0v) is 6.95. The molecule has 0 aromatic carbocycles. The largest absolute Gasteiger partial charge is 0.298 e. The molecule has 1 aliphatic heterocycles. The van der Waals surface area contributed by atoms with Gasteiger partial charge in [0, 0.05) is 12.0 Å². The molecular formula is C9H13NO. The van der Waals surface area contributed by atoms with Gasteiger partial charge >= 0.3 is 0 Å². The Morgan fingerprint density at radius 1 is 1.55 bits per heavy atom. The van der Waals surface area contributed by atoms with Crippen LogP contribution in [0.25, 0.3) is 0 Å². The van der Waals surface area contributed by atoms with E-state index in [-0.39, 0.29) is 6.04 Å². The molecule has 60 valence electrons. The van der Waals surface area contributed by atoms with E-state index in [4.69, 9.17) is 0 Å². The Hall–Kier alpha value is -0.630. The van der Waals surface area contributed by atoms with Crippen LogP contribution in [0.5, 0.6) is 0 Å². The van der Waals surface area contributed by atoms with Crippen LogP contribution in [0, 0.1) is 5.92 Å². The van der Waals surface area contributed by atoms with Crippen molar-refractivity contribution in [2.75, 3.05) is 7.05 Å². The van der Waals surface area contributed by atoms with Crippen molar-refractivity contribution in [3.05, 3.63) is 12.2 Å². The molecule has 2 bridgehead atoms. The Labute approximate surface area is 66.9 Å². The summed E-state index contributed by atoms with van der Waals surface area (Å²) in [6.45, 7) is 1.69. The number of likely N-dealkylation sites (N-methyl/N-ethyl adjacent to an activating group) is 1. The van der Waals surface area contributed by atoms with Crippen LogP contribution in [0.1, 0.15) is 13.3 Å². The van der Waals surface area contributed by atoms with E-state index in [2.05, 4.69) is 17.1 Å². The lowest BCUT2D eigenvalue weighted by Gasteiger charge is -2.26. The molecule has 0 aromatic heterocycles. The number of rotatable bonds is 1. The third kappa shape index (κ3) is 0.857. The number of carbonyl (C=O) groups is 1. The number of hydrogen-bond acceptors (Lipinski definition) is 2. The van der Waals surface area contributed by atoms with E-state index in [1.54, 1.807) is 6.92 Å². The minimum absolute atomic E-state index is 0.171. The minimum Gasteiger partial charge on any atom is -0.298 e. The lowest BCUT2D eigenvalue weighted by Crippen LogP contribution is -2.40. The zero-order chi connectivity index (χ0) is 8.01. The van der Waals surface area contributed by atoms with Crippen LogP contribution in [0.2, 0.25) is 0 Å². The van der Waals surface area contributed by atoms with Gasteiger partial charge in [0.15, 0.2) is 0 Å². The molecule has 1 aliphatic carbocycles. The van der Waals surface area contributed by atoms with Gasteiger partial charge in [-0.25, -0.2) is 0 Å². The fourth-order valence-corrected chi connectivity index (χ4v) is 2.34. The molecule has 0 aromatic rings. The van der Waals surface area contributed by atoms with Crippen molar-refractivity contribution in [1.82, 2.24) is 4.90 Å². The summed E-state index contributed by atoms with van der Waals surface area (Å²) in [6.07, 6.45) is 5.56. The van der Waals surface area contributed by atoms with Crippen molar-refractivity contribution in [3.63, 3.8) is 0 Å². The number of carbonyl (C=O) groups excluding carboxylic acids is 1. The normalized spacial score (nSPS) is 41.8. The first kappa shape index (κ1) is 7.04. The highest BCUT2D eigenvalue weighted by atomic mass is 16.1. The van der Waals surface area contributed by atoms with Gasteiger partial charge in [-0.3, -0.25) is 9.69 Å². The maximum Gasteiger partial charge on any atom is 0.147 e. The highest BCUT2D eigenvalue weighted by molar-refractivity contribution is 5.82. The molecule has 1 fully saturated rings. The van der Waals surface area contributed by atoms with Gasteiger partial charge in [0.2, 0.25) is 0 Å². The molecule has 0 N–H and O–H groups in total. The molecule has 1 saturated heterocycles. The molecule has 0 spiro atoms. The van der Waals surface area contributed by atoms with Crippen LogP contribution < -0.4 is 0 Å². The first-order valence-electron chi connectivity index (χ1n) is 4.11. The number of ketones is 1. The molecule has 3 atom stereocenters. The highest BCUT2D eigenvalue weighted by Gasteiger charge is 2.42. The molecule has 0 saturated carbocycles. The smallest absolute Gasteiger partial charge is 0.147 e. The highest BCUT2D eigenvalue weighted by Crippen LogP contribution is 2.36. The number of nitrogens with zero attached hydrogens (tertiary/aromatic N) is 1. The summed E-state index contributed by atoms with van der Waals surface area (Å²) in [5, 5.41) is 0. The van der Waals surface area contributed by atoms with Crippen LogP contribution >= 0.6 is 0 Å². The predicted octanol–water partition coefficient (Wildman–Crippen LogP) is 0.834. The average Bonchev–Trinajstić information content (AvgIpc) is 2.44. The summed E-state index contributed by atoms with van der Waals surface area (Å²) in [5.41, 5.74) is 0. The molecule has 0 amide bonds. The van der Waals surface area contributed by atoms with E-state index in [1.807, 2.05) is 7.05 Å². The van der Waals surface area contributed by atoms with Crippen LogP contribution in [0.15, 0.2) is 12.2 Å². The maximum absolute atomic E-state index is 11.2. The van der Waals surface area contributed by atoms with Gasteiger partial charge in [-0.1, -0.05) is 12.2 Å². The fourth-order valence-electron chi connectivity index (χ4n) is 2.34. The summed E-state index contributed by atoms with van der Waals surface area (Å²) >= 11 is 0. The lowest BCUT2D eigenvalue weighted by molar-refractivity contribution is -0.121. The summed E-state index contributed by atoms with van der Waals surface area (Å²) in [4.78, 5) is 13.4. The molecule has 2 rings (SSSR count). The van der Waals surface area contributed by atoms with Gasteiger partial charge in [0.05, 0.1) is 6.04 Å². The summed E-state index contributed by atoms with van der Waals surface area (Å²) < 4.78 is 0. The molecular weight excluding hydrogens is 138 g/mol.